The van der Waals surface area contributed by atoms with Crippen LogP contribution in [0.1, 0.15) is 15.9 Å². The van der Waals surface area contributed by atoms with Gasteiger partial charge < -0.3 is 5.32 Å². The maximum atomic E-state index is 12.1. The van der Waals surface area contributed by atoms with E-state index in [1.54, 1.807) is 12.1 Å². The molecule has 0 fully saturated rings. The van der Waals surface area contributed by atoms with Crippen LogP contribution >= 0.6 is 23.2 Å². The molecule has 0 aromatic heterocycles. The van der Waals surface area contributed by atoms with E-state index in [9.17, 15) is 14.9 Å². The van der Waals surface area contributed by atoms with Crippen LogP contribution in [-0.2, 0) is 0 Å². The number of amides is 1. The minimum atomic E-state index is -0.640. The van der Waals surface area contributed by atoms with Crippen molar-refractivity contribution in [2.45, 2.75) is 6.92 Å². The number of nitrogens with zero attached hydrogens (tertiary/aromatic N) is 1. The molecule has 2 rings (SSSR count). The van der Waals surface area contributed by atoms with Gasteiger partial charge in [-0.3, -0.25) is 14.9 Å². The molecule has 2 aromatic rings. The molecule has 1 amide bonds. The van der Waals surface area contributed by atoms with Gasteiger partial charge in [0.2, 0.25) is 0 Å². The fourth-order valence-electron chi connectivity index (χ4n) is 1.72. The summed E-state index contributed by atoms with van der Waals surface area (Å²) in [4.78, 5) is 22.3. The van der Waals surface area contributed by atoms with Gasteiger partial charge in [-0.05, 0) is 36.8 Å². The van der Waals surface area contributed by atoms with Crippen molar-refractivity contribution in [3.05, 3.63) is 67.7 Å². The zero-order valence-corrected chi connectivity index (χ0v) is 12.4. The van der Waals surface area contributed by atoms with Gasteiger partial charge in [-0.2, -0.15) is 0 Å². The average Bonchev–Trinajstić information content (AvgIpc) is 2.43. The third kappa shape index (κ3) is 3.51. The highest BCUT2D eigenvalue weighted by molar-refractivity contribution is 6.34. The quantitative estimate of drug-likeness (QED) is 0.669. The highest BCUT2D eigenvalue weighted by Crippen LogP contribution is 2.27. The van der Waals surface area contributed by atoms with Gasteiger partial charge in [-0.25, -0.2) is 0 Å². The van der Waals surface area contributed by atoms with Crippen molar-refractivity contribution in [3.8, 4) is 0 Å². The number of hydrogen-bond acceptors (Lipinski definition) is 3. The lowest BCUT2D eigenvalue weighted by atomic mass is 10.1. The van der Waals surface area contributed by atoms with Crippen molar-refractivity contribution in [2.24, 2.45) is 0 Å². The molecule has 0 aliphatic carbocycles. The zero-order valence-electron chi connectivity index (χ0n) is 10.9. The number of rotatable bonds is 3. The number of aryl methyl sites for hydroxylation is 1. The summed E-state index contributed by atoms with van der Waals surface area (Å²) in [5.41, 5.74) is 1.18. The molecule has 0 radical (unpaired) electrons. The molecule has 0 spiro atoms. The van der Waals surface area contributed by atoms with Crippen molar-refractivity contribution in [3.63, 3.8) is 0 Å². The predicted molar refractivity (Wildman–Crippen MR) is 82.2 cm³/mol. The van der Waals surface area contributed by atoms with Gasteiger partial charge in [0.1, 0.15) is 5.02 Å². The Morgan fingerprint density at radius 1 is 1.14 bits per heavy atom. The highest BCUT2D eigenvalue weighted by atomic mass is 35.5. The van der Waals surface area contributed by atoms with Crippen molar-refractivity contribution in [2.75, 3.05) is 5.32 Å². The Morgan fingerprint density at radius 3 is 2.48 bits per heavy atom. The normalized spacial score (nSPS) is 10.2. The van der Waals surface area contributed by atoms with Gasteiger partial charge in [0.05, 0.1) is 15.6 Å². The van der Waals surface area contributed by atoms with Crippen LogP contribution in [0.4, 0.5) is 11.4 Å². The van der Waals surface area contributed by atoms with E-state index in [0.717, 1.165) is 11.6 Å². The van der Waals surface area contributed by atoms with E-state index < -0.39 is 10.8 Å². The Labute approximate surface area is 130 Å². The largest absolute Gasteiger partial charge is 0.321 e. The first-order valence-electron chi connectivity index (χ1n) is 5.90. The Balaban J connectivity index is 2.30. The molecule has 2 aromatic carbocycles. The SMILES string of the molecule is Cc1ccc(Cl)c(NC(=O)c2ccc(Cl)c([N+](=O)[O-])c2)c1. The van der Waals surface area contributed by atoms with Crippen molar-refractivity contribution in [1.29, 1.82) is 0 Å². The van der Waals surface area contributed by atoms with Crippen molar-refractivity contribution >= 4 is 40.5 Å². The zero-order chi connectivity index (χ0) is 15.6. The van der Waals surface area contributed by atoms with E-state index in [4.69, 9.17) is 23.2 Å². The van der Waals surface area contributed by atoms with Crippen LogP contribution in [0.2, 0.25) is 10.0 Å². The first kappa shape index (κ1) is 15.3. The number of nitrogens with one attached hydrogen (secondary N) is 1. The molecule has 108 valence electrons. The molecule has 1 N–H and O–H groups in total. The molecule has 21 heavy (non-hydrogen) atoms. The first-order valence-corrected chi connectivity index (χ1v) is 6.65. The number of carbonyl (C=O) groups is 1. The molecular weight excluding hydrogens is 315 g/mol. The summed E-state index contributed by atoms with van der Waals surface area (Å²) in [7, 11) is 0. The monoisotopic (exact) mass is 324 g/mol. The second-order valence-electron chi connectivity index (χ2n) is 4.36. The lowest BCUT2D eigenvalue weighted by Gasteiger charge is -2.08. The lowest BCUT2D eigenvalue weighted by Crippen LogP contribution is -2.12. The third-order valence-corrected chi connectivity index (χ3v) is 3.42. The second kappa shape index (κ2) is 6.11. The number of nitro groups is 1. The van der Waals surface area contributed by atoms with Gasteiger partial charge in [0.15, 0.2) is 0 Å². The molecule has 0 bridgehead atoms. The minimum absolute atomic E-state index is 0.0230. The summed E-state index contributed by atoms with van der Waals surface area (Å²) in [5, 5.41) is 13.8. The molecule has 5 nitrogen and oxygen atoms in total. The fraction of sp³-hybridized carbons (Fsp3) is 0.0714. The maximum absolute atomic E-state index is 12.1. The molecule has 0 aliphatic rings. The molecule has 0 saturated carbocycles. The van der Waals surface area contributed by atoms with E-state index in [2.05, 4.69) is 5.32 Å². The molecule has 0 aliphatic heterocycles. The van der Waals surface area contributed by atoms with Crippen LogP contribution in [0.5, 0.6) is 0 Å². The van der Waals surface area contributed by atoms with Gasteiger partial charge >= 0.3 is 0 Å². The number of anilines is 1. The van der Waals surface area contributed by atoms with Gasteiger partial charge in [-0.1, -0.05) is 29.3 Å². The van der Waals surface area contributed by atoms with Crippen LogP contribution in [0.25, 0.3) is 0 Å². The van der Waals surface area contributed by atoms with Crippen LogP contribution in [0, 0.1) is 17.0 Å². The summed E-state index contributed by atoms with van der Waals surface area (Å²) in [6.45, 7) is 1.86. The van der Waals surface area contributed by atoms with Crippen LogP contribution in [0.15, 0.2) is 36.4 Å². The number of hydrogen-bond donors (Lipinski definition) is 1. The Hall–Kier alpha value is -2.11. The average molecular weight is 325 g/mol. The van der Waals surface area contributed by atoms with Crippen LogP contribution in [0.3, 0.4) is 0 Å². The van der Waals surface area contributed by atoms with E-state index in [0.29, 0.717) is 10.7 Å². The maximum Gasteiger partial charge on any atom is 0.288 e. The second-order valence-corrected chi connectivity index (χ2v) is 5.18. The molecule has 0 saturated heterocycles. The molecule has 0 heterocycles. The molecular formula is C14H10Cl2N2O3. The summed E-state index contributed by atoms with van der Waals surface area (Å²) in [5.74, 6) is -0.498. The topological polar surface area (TPSA) is 72.2 Å². The third-order valence-electron chi connectivity index (χ3n) is 2.78. The number of carbonyl (C=O) groups excluding carboxylic acids is 1. The Bertz CT molecular complexity index is 732. The molecule has 7 heteroatoms. The fourth-order valence-corrected chi connectivity index (χ4v) is 2.07. The van der Waals surface area contributed by atoms with Gasteiger partial charge in [0.25, 0.3) is 11.6 Å². The predicted octanol–water partition coefficient (Wildman–Crippen LogP) is 4.46. The van der Waals surface area contributed by atoms with E-state index >= 15 is 0 Å². The van der Waals surface area contributed by atoms with Crippen molar-refractivity contribution < 1.29 is 9.72 Å². The summed E-state index contributed by atoms with van der Waals surface area (Å²) >= 11 is 11.7. The smallest absolute Gasteiger partial charge is 0.288 e. The summed E-state index contributed by atoms with van der Waals surface area (Å²) < 4.78 is 0. The molecule has 0 atom stereocenters. The van der Waals surface area contributed by atoms with Gasteiger partial charge in [-0.15, -0.1) is 0 Å². The number of benzene rings is 2. The standard InChI is InChI=1S/C14H10Cl2N2O3/c1-8-2-4-10(15)12(6-8)17-14(19)9-3-5-11(16)13(7-9)18(20)21/h2-7H,1H3,(H,17,19). The lowest BCUT2D eigenvalue weighted by molar-refractivity contribution is -0.384. The van der Waals surface area contributed by atoms with Crippen molar-refractivity contribution in [1.82, 2.24) is 0 Å². The molecule has 0 unspecified atom stereocenters. The number of nitro benzene ring substituents is 1. The minimum Gasteiger partial charge on any atom is -0.321 e. The van der Waals surface area contributed by atoms with E-state index in [1.165, 1.54) is 12.1 Å². The van der Waals surface area contributed by atoms with Gasteiger partial charge in [0, 0.05) is 11.6 Å². The highest BCUT2D eigenvalue weighted by Gasteiger charge is 2.17. The van der Waals surface area contributed by atoms with E-state index in [-0.39, 0.29) is 16.3 Å². The first-order chi connectivity index (χ1) is 9.88. The Morgan fingerprint density at radius 2 is 1.81 bits per heavy atom. The summed E-state index contributed by atoms with van der Waals surface area (Å²) in [6.07, 6.45) is 0. The van der Waals surface area contributed by atoms with Crippen LogP contribution in [-0.4, -0.2) is 10.8 Å². The number of halogens is 2. The van der Waals surface area contributed by atoms with Crippen LogP contribution < -0.4 is 5.32 Å². The Kier molecular flexibility index (Phi) is 4.45. The summed E-state index contributed by atoms with van der Waals surface area (Å²) in [6, 6.07) is 9.04. The van der Waals surface area contributed by atoms with E-state index in [1.807, 2.05) is 13.0 Å².